The van der Waals surface area contributed by atoms with Crippen LogP contribution < -0.4 is 5.73 Å². The molecule has 1 atom stereocenters. The van der Waals surface area contributed by atoms with Crippen LogP contribution in [0.25, 0.3) is 0 Å². The Bertz CT molecular complexity index is 295. The molecule has 0 spiro atoms. The van der Waals surface area contributed by atoms with E-state index >= 15 is 0 Å². The number of likely N-dealkylation sites (N-methyl/N-ethyl adjacent to an activating group) is 1. The Kier molecular flexibility index (Phi) is 4.56. The lowest BCUT2D eigenvalue weighted by molar-refractivity contribution is 0.0585. The molecular formula is C13H24N2O. The van der Waals surface area contributed by atoms with Gasteiger partial charge in [0.25, 0.3) is 0 Å². The SMILES string of the molecule is CCN(Cc1ccco1)C(C)(CN)C(C)C. The summed E-state index contributed by atoms with van der Waals surface area (Å²) in [5.74, 6) is 1.52. The number of nitrogens with zero attached hydrogens (tertiary/aromatic N) is 1. The van der Waals surface area contributed by atoms with E-state index in [-0.39, 0.29) is 5.54 Å². The highest BCUT2D eigenvalue weighted by atomic mass is 16.3. The van der Waals surface area contributed by atoms with Crippen LogP contribution in [0, 0.1) is 5.92 Å². The maximum Gasteiger partial charge on any atom is 0.117 e. The quantitative estimate of drug-likeness (QED) is 0.807. The van der Waals surface area contributed by atoms with Gasteiger partial charge in [0.05, 0.1) is 12.8 Å². The minimum atomic E-state index is 0.0293. The number of furan rings is 1. The Morgan fingerprint density at radius 2 is 2.19 bits per heavy atom. The molecule has 1 aromatic rings. The zero-order valence-corrected chi connectivity index (χ0v) is 10.9. The Labute approximate surface area is 98.6 Å². The average Bonchev–Trinajstić information content (AvgIpc) is 2.77. The fraction of sp³-hybridized carbons (Fsp3) is 0.692. The van der Waals surface area contributed by atoms with Gasteiger partial charge in [-0.3, -0.25) is 4.90 Å². The number of hydrogen-bond acceptors (Lipinski definition) is 3. The van der Waals surface area contributed by atoms with Crippen LogP contribution in [0.3, 0.4) is 0 Å². The predicted molar refractivity (Wildman–Crippen MR) is 67.1 cm³/mol. The molecule has 0 bridgehead atoms. The lowest BCUT2D eigenvalue weighted by atomic mass is 9.86. The van der Waals surface area contributed by atoms with Gasteiger partial charge in [0, 0.05) is 12.1 Å². The van der Waals surface area contributed by atoms with Gasteiger partial charge in [-0.25, -0.2) is 0 Å². The fourth-order valence-corrected chi connectivity index (χ4v) is 1.97. The minimum Gasteiger partial charge on any atom is -0.468 e. The first-order chi connectivity index (χ1) is 7.54. The highest BCUT2D eigenvalue weighted by Gasteiger charge is 2.33. The standard InChI is InChI=1S/C13H24N2O/c1-5-15(9-12-7-6-8-16-12)13(4,10-14)11(2)3/h6-8,11H,5,9-10,14H2,1-4H3. The first-order valence-corrected chi connectivity index (χ1v) is 6.02. The normalized spacial score (nSPS) is 15.7. The third kappa shape index (κ3) is 2.66. The molecule has 0 aliphatic carbocycles. The lowest BCUT2D eigenvalue weighted by Gasteiger charge is -2.43. The zero-order valence-electron chi connectivity index (χ0n) is 10.9. The molecule has 0 aliphatic rings. The molecule has 0 saturated carbocycles. The fourth-order valence-electron chi connectivity index (χ4n) is 1.97. The molecule has 0 aromatic carbocycles. The van der Waals surface area contributed by atoms with Gasteiger partial charge in [-0.2, -0.15) is 0 Å². The van der Waals surface area contributed by atoms with E-state index in [4.69, 9.17) is 10.2 Å². The Morgan fingerprint density at radius 1 is 1.50 bits per heavy atom. The summed E-state index contributed by atoms with van der Waals surface area (Å²) in [7, 11) is 0. The van der Waals surface area contributed by atoms with E-state index < -0.39 is 0 Å². The maximum atomic E-state index is 5.94. The molecular weight excluding hydrogens is 200 g/mol. The molecule has 0 radical (unpaired) electrons. The van der Waals surface area contributed by atoms with E-state index in [1.807, 2.05) is 12.1 Å². The van der Waals surface area contributed by atoms with Crippen molar-refractivity contribution >= 4 is 0 Å². The zero-order chi connectivity index (χ0) is 12.2. The Hall–Kier alpha value is -0.800. The van der Waals surface area contributed by atoms with Crippen molar-refractivity contribution in [3.05, 3.63) is 24.2 Å². The average molecular weight is 224 g/mol. The summed E-state index contributed by atoms with van der Waals surface area (Å²) in [6.45, 7) is 11.3. The maximum absolute atomic E-state index is 5.94. The molecule has 3 nitrogen and oxygen atoms in total. The summed E-state index contributed by atoms with van der Waals surface area (Å²) in [6, 6.07) is 3.94. The summed E-state index contributed by atoms with van der Waals surface area (Å²) in [4.78, 5) is 2.39. The molecule has 92 valence electrons. The van der Waals surface area contributed by atoms with Gasteiger partial charge in [-0.05, 0) is 31.5 Å². The largest absolute Gasteiger partial charge is 0.468 e. The highest BCUT2D eigenvalue weighted by molar-refractivity contribution is 5.00. The minimum absolute atomic E-state index is 0.0293. The summed E-state index contributed by atoms with van der Waals surface area (Å²) in [6.07, 6.45) is 1.72. The molecule has 0 fully saturated rings. The molecule has 2 N–H and O–H groups in total. The number of hydrogen-bond donors (Lipinski definition) is 1. The van der Waals surface area contributed by atoms with Crippen molar-refractivity contribution in [1.82, 2.24) is 4.90 Å². The second-order valence-corrected chi connectivity index (χ2v) is 4.81. The second kappa shape index (κ2) is 5.51. The lowest BCUT2D eigenvalue weighted by Crippen LogP contribution is -2.54. The second-order valence-electron chi connectivity index (χ2n) is 4.81. The summed E-state index contributed by atoms with van der Waals surface area (Å²) < 4.78 is 5.40. The first kappa shape index (κ1) is 13.3. The van der Waals surface area contributed by atoms with Gasteiger partial charge < -0.3 is 10.2 Å². The van der Waals surface area contributed by atoms with Gasteiger partial charge in [0.1, 0.15) is 5.76 Å². The van der Waals surface area contributed by atoms with E-state index in [1.54, 1.807) is 6.26 Å². The predicted octanol–water partition coefficient (Wildman–Crippen LogP) is 2.47. The first-order valence-electron chi connectivity index (χ1n) is 6.02. The molecule has 1 rings (SSSR count). The van der Waals surface area contributed by atoms with Crippen LogP contribution in [-0.4, -0.2) is 23.5 Å². The molecule has 1 heterocycles. The van der Waals surface area contributed by atoms with E-state index in [0.717, 1.165) is 18.8 Å². The molecule has 0 aliphatic heterocycles. The topological polar surface area (TPSA) is 42.4 Å². The van der Waals surface area contributed by atoms with Gasteiger partial charge >= 0.3 is 0 Å². The third-order valence-corrected chi connectivity index (χ3v) is 3.69. The van der Waals surface area contributed by atoms with Crippen LogP contribution in [0.1, 0.15) is 33.5 Å². The molecule has 1 unspecified atom stereocenters. The van der Waals surface area contributed by atoms with Crippen molar-refractivity contribution < 1.29 is 4.42 Å². The molecule has 0 saturated heterocycles. The van der Waals surface area contributed by atoms with Crippen molar-refractivity contribution in [3.63, 3.8) is 0 Å². The van der Waals surface area contributed by atoms with Crippen LogP contribution in [-0.2, 0) is 6.54 Å². The van der Waals surface area contributed by atoms with E-state index in [0.29, 0.717) is 12.5 Å². The molecule has 3 heteroatoms. The van der Waals surface area contributed by atoms with Crippen LogP contribution in [0.4, 0.5) is 0 Å². The molecule has 16 heavy (non-hydrogen) atoms. The van der Waals surface area contributed by atoms with Crippen LogP contribution >= 0.6 is 0 Å². The van der Waals surface area contributed by atoms with Crippen molar-refractivity contribution in [2.75, 3.05) is 13.1 Å². The Balaban J connectivity index is 2.79. The van der Waals surface area contributed by atoms with Crippen LogP contribution in [0.5, 0.6) is 0 Å². The third-order valence-electron chi connectivity index (χ3n) is 3.69. The van der Waals surface area contributed by atoms with Gasteiger partial charge in [-0.1, -0.05) is 20.8 Å². The van der Waals surface area contributed by atoms with Crippen molar-refractivity contribution in [2.45, 2.75) is 39.8 Å². The Morgan fingerprint density at radius 3 is 2.56 bits per heavy atom. The van der Waals surface area contributed by atoms with Gasteiger partial charge in [-0.15, -0.1) is 0 Å². The van der Waals surface area contributed by atoms with Crippen LogP contribution in [0.15, 0.2) is 22.8 Å². The number of nitrogens with two attached hydrogens (primary N) is 1. The van der Waals surface area contributed by atoms with E-state index in [2.05, 4.69) is 32.6 Å². The van der Waals surface area contributed by atoms with Crippen molar-refractivity contribution in [2.24, 2.45) is 11.7 Å². The smallest absolute Gasteiger partial charge is 0.117 e. The molecule has 0 amide bonds. The van der Waals surface area contributed by atoms with Gasteiger partial charge in [0.2, 0.25) is 0 Å². The summed E-state index contributed by atoms with van der Waals surface area (Å²) >= 11 is 0. The monoisotopic (exact) mass is 224 g/mol. The molecule has 1 aromatic heterocycles. The van der Waals surface area contributed by atoms with Crippen molar-refractivity contribution in [3.8, 4) is 0 Å². The summed E-state index contributed by atoms with van der Waals surface area (Å²) in [5, 5.41) is 0. The van der Waals surface area contributed by atoms with Gasteiger partial charge in [0.15, 0.2) is 0 Å². The van der Waals surface area contributed by atoms with Crippen LogP contribution in [0.2, 0.25) is 0 Å². The number of rotatable bonds is 6. The van der Waals surface area contributed by atoms with Crippen molar-refractivity contribution in [1.29, 1.82) is 0 Å². The summed E-state index contributed by atoms with van der Waals surface area (Å²) in [5.41, 5.74) is 5.97. The van der Waals surface area contributed by atoms with E-state index in [9.17, 15) is 0 Å². The van der Waals surface area contributed by atoms with E-state index in [1.165, 1.54) is 0 Å². The highest BCUT2D eigenvalue weighted by Crippen LogP contribution is 2.25.